The number of benzene rings is 6. The van der Waals surface area contributed by atoms with Gasteiger partial charge < -0.3 is 18.9 Å². The number of hydrogen-bond donors (Lipinski definition) is 0. The van der Waals surface area contributed by atoms with Crippen molar-refractivity contribution < 1.29 is 38.1 Å². The zero-order valence-electron chi connectivity index (χ0n) is 22.8. The Morgan fingerprint density at radius 1 is 0.386 bits per heavy atom. The number of ketones is 2. The highest BCUT2D eigenvalue weighted by Gasteiger charge is 2.36. The molecular weight excluding hydrogens is 560 g/mol. The van der Waals surface area contributed by atoms with Crippen molar-refractivity contribution in [2.45, 2.75) is 0 Å². The Labute approximate surface area is 250 Å². The van der Waals surface area contributed by atoms with Gasteiger partial charge in [0.2, 0.25) is 0 Å². The Hall–Kier alpha value is -6.28. The van der Waals surface area contributed by atoms with Gasteiger partial charge in [-0.1, -0.05) is 97.1 Å². The van der Waals surface area contributed by atoms with E-state index >= 15 is 0 Å². The molecule has 6 aromatic carbocycles. The Morgan fingerprint density at radius 2 is 0.727 bits per heavy atom. The minimum atomic E-state index is -1.07. The van der Waals surface area contributed by atoms with Gasteiger partial charge in [-0.05, 0) is 35.0 Å². The first-order valence-electron chi connectivity index (χ1n) is 13.6. The molecule has 0 aromatic heterocycles. The molecule has 6 aromatic rings. The van der Waals surface area contributed by atoms with Gasteiger partial charge in [-0.2, -0.15) is 0 Å². The van der Waals surface area contributed by atoms with E-state index in [9.17, 15) is 19.2 Å². The van der Waals surface area contributed by atoms with Gasteiger partial charge in [0.25, 0.3) is 0 Å². The third-order valence-electron chi connectivity index (χ3n) is 7.27. The van der Waals surface area contributed by atoms with Crippen molar-refractivity contribution in [2.24, 2.45) is 0 Å². The Kier molecular flexibility index (Phi) is 6.56. The first-order valence-corrected chi connectivity index (χ1v) is 13.6. The summed E-state index contributed by atoms with van der Waals surface area (Å²) in [6, 6.07) is 33.9. The minimum Gasteiger partial charge on any atom is -0.394 e. The van der Waals surface area contributed by atoms with Crippen molar-refractivity contribution in [3.05, 3.63) is 144 Å². The van der Waals surface area contributed by atoms with Crippen LogP contribution in [-0.2, 0) is 0 Å². The van der Waals surface area contributed by atoms with Gasteiger partial charge in [0, 0.05) is 21.9 Å². The van der Waals surface area contributed by atoms with E-state index in [0.29, 0.717) is 10.8 Å². The van der Waals surface area contributed by atoms with E-state index < -0.39 is 23.9 Å². The molecule has 0 atom stereocenters. The number of hydrogen-bond acceptors (Lipinski definition) is 8. The molecule has 0 fully saturated rings. The third-order valence-corrected chi connectivity index (χ3v) is 7.27. The lowest BCUT2D eigenvalue weighted by Crippen LogP contribution is -2.25. The number of carbonyl (C=O) groups excluding carboxylic acids is 4. The summed E-state index contributed by atoms with van der Waals surface area (Å²) in [5, 5.41) is 3.14. The molecule has 212 valence electrons. The van der Waals surface area contributed by atoms with E-state index in [4.69, 9.17) is 18.9 Å². The van der Waals surface area contributed by atoms with Crippen molar-refractivity contribution in [1.29, 1.82) is 0 Å². The molecule has 1 aliphatic carbocycles. The fourth-order valence-corrected chi connectivity index (χ4v) is 5.32. The summed E-state index contributed by atoms with van der Waals surface area (Å²) in [5.74, 6) is -0.894. The summed E-state index contributed by atoms with van der Waals surface area (Å²) in [4.78, 5) is 53.1. The van der Waals surface area contributed by atoms with E-state index in [1.807, 2.05) is 48.5 Å². The molecule has 0 N–H and O–H groups in total. The molecule has 0 saturated carbocycles. The lowest BCUT2D eigenvalue weighted by atomic mass is 9.83. The van der Waals surface area contributed by atoms with Crippen LogP contribution >= 0.6 is 0 Å². The van der Waals surface area contributed by atoms with Gasteiger partial charge in [-0.25, -0.2) is 9.59 Å². The minimum absolute atomic E-state index is 0.0172. The van der Waals surface area contributed by atoms with E-state index in [2.05, 4.69) is 0 Å². The van der Waals surface area contributed by atoms with Crippen molar-refractivity contribution in [1.82, 2.24) is 0 Å². The highest BCUT2D eigenvalue weighted by atomic mass is 16.7. The van der Waals surface area contributed by atoms with Gasteiger partial charge in [0.05, 0.1) is 11.1 Å². The summed E-state index contributed by atoms with van der Waals surface area (Å²) in [6.07, 6.45) is -2.15. The Bertz CT molecular complexity index is 2000. The lowest BCUT2D eigenvalue weighted by molar-refractivity contribution is 0.0970. The standard InChI is InChI=1S/C36H20O8/c37-33-26-16-8-20-30(44-36(40)42-28-18-6-12-22-10-2-4-14-24(22)28)32(26)34(38)25-15-7-19-29(31(25)33)43-35(39)41-27-17-5-11-21-9-1-3-13-23(21)27/h1-20H. The molecule has 0 heterocycles. The second-order valence-electron chi connectivity index (χ2n) is 9.88. The summed E-state index contributed by atoms with van der Waals surface area (Å²) in [7, 11) is 0. The molecule has 44 heavy (non-hydrogen) atoms. The second kappa shape index (κ2) is 10.8. The van der Waals surface area contributed by atoms with Crippen molar-refractivity contribution in [3.63, 3.8) is 0 Å². The van der Waals surface area contributed by atoms with Gasteiger partial charge in [-0.15, -0.1) is 0 Å². The molecule has 0 amide bonds. The average Bonchev–Trinajstić information content (AvgIpc) is 3.04. The normalized spacial score (nSPS) is 11.9. The van der Waals surface area contributed by atoms with E-state index in [1.165, 1.54) is 36.4 Å². The smallest absolute Gasteiger partial charge is 0.394 e. The zero-order chi connectivity index (χ0) is 30.2. The molecule has 8 nitrogen and oxygen atoms in total. The van der Waals surface area contributed by atoms with Crippen LogP contribution in [0.5, 0.6) is 23.0 Å². The number of carbonyl (C=O) groups is 4. The largest absolute Gasteiger partial charge is 0.519 e. The molecule has 0 spiro atoms. The van der Waals surface area contributed by atoms with Crippen molar-refractivity contribution in [2.75, 3.05) is 0 Å². The fraction of sp³-hybridized carbons (Fsp3) is 0. The third kappa shape index (κ3) is 4.70. The van der Waals surface area contributed by atoms with Crippen LogP contribution in [0.1, 0.15) is 31.8 Å². The lowest BCUT2D eigenvalue weighted by Gasteiger charge is -2.21. The summed E-state index contributed by atoms with van der Waals surface area (Å²) < 4.78 is 21.8. The fourth-order valence-electron chi connectivity index (χ4n) is 5.32. The highest BCUT2D eigenvalue weighted by molar-refractivity contribution is 6.30. The molecule has 0 saturated heterocycles. The Morgan fingerprint density at radius 3 is 1.18 bits per heavy atom. The molecule has 0 unspecified atom stereocenters. The predicted octanol–water partition coefficient (Wildman–Crippen LogP) is 7.92. The van der Waals surface area contributed by atoms with E-state index in [1.54, 1.807) is 36.4 Å². The summed E-state index contributed by atoms with van der Waals surface area (Å²) >= 11 is 0. The van der Waals surface area contributed by atoms with Crippen LogP contribution in [0, 0.1) is 0 Å². The molecular formula is C36H20O8. The maximum Gasteiger partial charge on any atom is 0.519 e. The summed E-state index contributed by atoms with van der Waals surface area (Å²) in [5.41, 5.74) is -0.237. The molecule has 7 rings (SSSR count). The maximum atomic E-state index is 13.7. The van der Waals surface area contributed by atoms with Crippen molar-refractivity contribution in [3.8, 4) is 23.0 Å². The molecule has 0 bridgehead atoms. The second-order valence-corrected chi connectivity index (χ2v) is 9.88. The van der Waals surface area contributed by atoms with Gasteiger partial charge in [-0.3, -0.25) is 9.59 Å². The topological polar surface area (TPSA) is 105 Å². The van der Waals surface area contributed by atoms with Crippen LogP contribution in [0.2, 0.25) is 0 Å². The molecule has 0 aliphatic heterocycles. The quantitative estimate of drug-likeness (QED) is 0.153. The molecule has 8 heteroatoms. The van der Waals surface area contributed by atoms with Crippen molar-refractivity contribution >= 4 is 45.4 Å². The van der Waals surface area contributed by atoms with Crippen LogP contribution < -0.4 is 18.9 Å². The SMILES string of the molecule is O=C(Oc1cccc2c1C(=O)c1cccc(OC(=O)Oc3cccc4ccccc34)c1C2=O)Oc1cccc2ccccc12. The molecule has 1 aliphatic rings. The van der Waals surface area contributed by atoms with Crippen LogP contribution in [0.4, 0.5) is 9.59 Å². The van der Waals surface area contributed by atoms with Crippen LogP contribution in [-0.4, -0.2) is 23.9 Å². The van der Waals surface area contributed by atoms with E-state index in [0.717, 1.165) is 10.8 Å². The van der Waals surface area contributed by atoms with Crippen LogP contribution in [0.25, 0.3) is 21.5 Å². The van der Waals surface area contributed by atoms with Gasteiger partial charge in [0.15, 0.2) is 11.6 Å². The van der Waals surface area contributed by atoms with Gasteiger partial charge >= 0.3 is 12.3 Å². The number of ether oxygens (including phenoxy) is 4. The van der Waals surface area contributed by atoms with Gasteiger partial charge in [0.1, 0.15) is 23.0 Å². The highest BCUT2D eigenvalue weighted by Crippen LogP contribution is 2.38. The van der Waals surface area contributed by atoms with Crippen LogP contribution in [0.3, 0.4) is 0 Å². The van der Waals surface area contributed by atoms with Crippen LogP contribution in [0.15, 0.2) is 121 Å². The average molecular weight is 581 g/mol. The zero-order valence-corrected chi connectivity index (χ0v) is 22.8. The van der Waals surface area contributed by atoms with E-state index in [-0.39, 0.29) is 45.3 Å². The first-order chi connectivity index (χ1) is 21.5. The number of fused-ring (bicyclic) bond motifs is 4. The maximum absolute atomic E-state index is 13.7. The number of rotatable bonds is 4. The first kappa shape index (κ1) is 26.6. The monoisotopic (exact) mass is 580 g/mol. The Balaban J connectivity index is 1.15. The summed E-state index contributed by atoms with van der Waals surface area (Å²) in [6.45, 7) is 0. The predicted molar refractivity (Wildman–Crippen MR) is 161 cm³/mol. The molecule has 0 radical (unpaired) electrons.